The van der Waals surface area contributed by atoms with Gasteiger partial charge in [0.15, 0.2) is 0 Å². The Balaban J connectivity index is 3.00. The van der Waals surface area contributed by atoms with Gasteiger partial charge in [-0.05, 0) is 32.1 Å². The maximum absolute atomic E-state index is 3.68. The molecule has 0 atom stereocenters. The van der Waals surface area contributed by atoms with Crippen LogP contribution in [0.5, 0.6) is 0 Å². The van der Waals surface area contributed by atoms with Gasteiger partial charge < -0.3 is 0 Å². The highest BCUT2D eigenvalue weighted by atomic mass is 13.9. The molecular formula is C11H18. The summed E-state index contributed by atoms with van der Waals surface area (Å²) in [5, 5.41) is 0. The largest absolute Gasteiger partial charge is 0.103 e. The second kappa shape index (κ2) is 9.22. The van der Waals surface area contributed by atoms with Gasteiger partial charge in [-0.2, -0.15) is 0 Å². The summed E-state index contributed by atoms with van der Waals surface area (Å²) in [5.41, 5.74) is 0. The zero-order valence-electron chi connectivity index (χ0n) is 7.26. The summed E-state index contributed by atoms with van der Waals surface area (Å²) >= 11 is 0. The summed E-state index contributed by atoms with van der Waals surface area (Å²) in [6.07, 6.45) is 14.2. The average molecular weight is 150 g/mol. The molecule has 0 saturated carbocycles. The predicted octanol–water partition coefficient (Wildman–Crippen LogP) is 3.87. The fraction of sp³-hybridized carbons (Fsp3) is 0.455. The van der Waals surface area contributed by atoms with Gasteiger partial charge in [0.25, 0.3) is 0 Å². The van der Waals surface area contributed by atoms with Crippen molar-refractivity contribution in [2.45, 2.75) is 32.1 Å². The van der Waals surface area contributed by atoms with Crippen molar-refractivity contribution >= 4 is 0 Å². The van der Waals surface area contributed by atoms with Gasteiger partial charge in [-0.3, -0.25) is 0 Å². The van der Waals surface area contributed by atoms with Gasteiger partial charge in [-0.15, -0.1) is 13.2 Å². The third-order valence-corrected chi connectivity index (χ3v) is 1.50. The van der Waals surface area contributed by atoms with Gasteiger partial charge in [-0.1, -0.05) is 24.3 Å². The SMILES string of the molecule is C=CCC=CCCCCC=C. The maximum atomic E-state index is 3.68. The van der Waals surface area contributed by atoms with Crippen LogP contribution in [0.15, 0.2) is 37.5 Å². The molecule has 0 aliphatic rings. The Kier molecular flexibility index (Phi) is 8.57. The number of rotatable bonds is 7. The monoisotopic (exact) mass is 150 g/mol. The first-order chi connectivity index (χ1) is 5.41. The van der Waals surface area contributed by atoms with E-state index in [1.54, 1.807) is 0 Å². The molecule has 0 rings (SSSR count). The molecule has 0 aliphatic heterocycles. The second-order valence-corrected chi connectivity index (χ2v) is 2.57. The number of unbranched alkanes of at least 4 members (excludes halogenated alkanes) is 3. The van der Waals surface area contributed by atoms with Crippen LogP contribution in [-0.4, -0.2) is 0 Å². The molecule has 0 unspecified atom stereocenters. The second-order valence-electron chi connectivity index (χ2n) is 2.57. The number of hydrogen-bond donors (Lipinski definition) is 0. The van der Waals surface area contributed by atoms with E-state index in [9.17, 15) is 0 Å². The average Bonchev–Trinajstić information content (AvgIpc) is 2.03. The van der Waals surface area contributed by atoms with E-state index in [1.165, 1.54) is 19.3 Å². The lowest BCUT2D eigenvalue weighted by Crippen LogP contribution is -1.71. The molecule has 0 aromatic rings. The first-order valence-corrected chi connectivity index (χ1v) is 4.28. The van der Waals surface area contributed by atoms with E-state index in [0.29, 0.717) is 0 Å². The molecule has 0 saturated heterocycles. The highest BCUT2D eigenvalue weighted by Gasteiger charge is 1.81. The van der Waals surface area contributed by atoms with Crippen LogP contribution >= 0.6 is 0 Å². The Morgan fingerprint density at radius 3 is 2.18 bits per heavy atom. The minimum absolute atomic E-state index is 1.00. The molecule has 0 aliphatic carbocycles. The molecule has 0 heteroatoms. The van der Waals surface area contributed by atoms with Crippen molar-refractivity contribution in [1.82, 2.24) is 0 Å². The standard InChI is InChI=1S/C11H18/c1-3-5-7-9-11-10-8-6-4-2/h3-4,7,9H,1-2,5-6,8,10-11H2. The minimum atomic E-state index is 1.00. The topological polar surface area (TPSA) is 0 Å². The van der Waals surface area contributed by atoms with Crippen molar-refractivity contribution in [3.8, 4) is 0 Å². The van der Waals surface area contributed by atoms with Crippen LogP contribution in [0.25, 0.3) is 0 Å². The molecule has 0 N–H and O–H groups in total. The van der Waals surface area contributed by atoms with Gasteiger partial charge in [0.1, 0.15) is 0 Å². The van der Waals surface area contributed by atoms with Gasteiger partial charge in [0, 0.05) is 0 Å². The Bertz CT molecular complexity index is 120. The molecule has 0 bridgehead atoms. The molecule has 0 aromatic carbocycles. The summed E-state index contributed by atoms with van der Waals surface area (Å²) in [6.45, 7) is 7.32. The van der Waals surface area contributed by atoms with Crippen LogP contribution in [0, 0.1) is 0 Å². The zero-order chi connectivity index (χ0) is 8.36. The van der Waals surface area contributed by atoms with Crippen molar-refractivity contribution in [2.24, 2.45) is 0 Å². The smallest absolute Gasteiger partial charge is 0.0172 e. The van der Waals surface area contributed by atoms with E-state index in [4.69, 9.17) is 0 Å². The first kappa shape index (κ1) is 10.2. The van der Waals surface area contributed by atoms with Crippen molar-refractivity contribution in [2.75, 3.05) is 0 Å². The molecule has 0 aromatic heterocycles. The van der Waals surface area contributed by atoms with E-state index in [-0.39, 0.29) is 0 Å². The Hall–Kier alpha value is -0.780. The van der Waals surface area contributed by atoms with Crippen LogP contribution in [-0.2, 0) is 0 Å². The third-order valence-electron chi connectivity index (χ3n) is 1.50. The van der Waals surface area contributed by atoms with Crippen LogP contribution in [0.2, 0.25) is 0 Å². The Labute approximate surface area is 70.3 Å². The fourth-order valence-electron chi connectivity index (χ4n) is 0.861. The normalized spacial score (nSPS) is 10.2. The van der Waals surface area contributed by atoms with E-state index in [1.807, 2.05) is 12.2 Å². The number of hydrogen-bond acceptors (Lipinski definition) is 0. The fourth-order valence-corrected chi connectivity index (χ4v) is 0.861. The van der Waals surface area contributed by atoms with Crippen LogP contribution in [0.3, 0.4) is 0 Å². The molecule has 0 nitrogen and oxygen atoms in total. The van der Waals surface area contributed by atoms with Crippen LogP contribution in [0.1, 0.15) is 32.1 Å². The molecule has 0 radical (unpaired) electrons. The van der Waals surface area contributed by atoms with E-state index >= 15 is 0 Å². The van der Waals surface area contributed by atoms with Crippen molar-refractivity contribution in [1.29, 1.82) is 0 Å². The Morgan fingerprint density at radius 1 is 0.818 bits per heavy atom. The highest BCUT2D eigenvalue weighted by Crippen LogP contribution is 2.01. The van der Waals surface area contributed by atoms with Gasteiger partial charge in [0.05, 0.1) is 0 Å². The van der Waals surface area contributed by atoms with E-state index < -0.39 is 0 Å². The highest BCUT2D eigenvalue weighted by molar-refractivity contribution is 4.88. The van der Waals surface area contributed by atoms with E-state index in [2.05, 4.69) is 25.3 Å². The maximum Gasteiger partial charge on any atom is -0.0172 e. The van der Waals surface area contributed by atoms with Gasteiger partial charge in [0.2, 0.25) is 0 Å². The zero-order valence-corrected chi connectivity index (χ0v) is 7.26. The van der Waals surface area contributed by atoms with Crippen molar-refractivity contribution in [3.63, 3.8) is 0 Å². The van der Waals surface area contributed by atoms with Gasteiger partial charge in [-0.25, -0.2) is 0 Å². The lowest BCUT2D eigenvalue weighted by molar-refractivity contribution is 0.762. The first-order valence-electron chi connectivity index (χ1n) is 4.28. The molecule has 11 heavy (non-hydrogen) atoms. The quantitative estimate of drug-likeness (QED) is 0.382. The molecule has 62 valence electrons. The van der Waals surface area contributed by atoms with Crippen molar-refractivity contribution < 1.29 is 0 Å². The van der Waals surface area contributed by atoms with Crippen LogP contribution < -0.4 is 0 Å². The number of allylic oxidation sites excluding steroid dienone is 4. The summed E-state index contributed by atoms with van der Waals surface area (Å²) < 4.78 is 0. The van der Waals surface area contributed by atoms with E-state index in [0.717, 1.165) is 12.8 Å². The summed E-state index contributed by atoms with van der Waals surface area (Å²) in [5.74, 6) is 0. The summed E-state index contributed by atoms with van der Waals surface area (Å²) in [4.78, 5) is 0. The third kappa shape index (κ3) is 9.22. The summed E-state index contributed by atoms with van der Waals surface area (Å²) in [6, 6.07) is 0. The lowest BCUT2D eigenvalue weighted by Gasteiger charge is -1.91. The molecule has 0 amide bonds. The minimum Gasteiger partial charge on any atom is -0.103 e. The Morgan fingerprint density at radius 2 is 1.55 bits per heavy atom. The molecule has 0 heterocycles. The molecule has 0 fully saturated rings. The van der Waals surface area contributed by atoms with Crippen molar-refractivity contribution in [3.05, 3.63) is 37.5 Å². The predicted molar refractivity (Wildman–Crippen MR) is 52.6 cm³/mol. The van der Waals surface area contributed by atoms with Crippen LogP contribution in [0.4, 0.5) is 0 Å². The lowest BCUT2D eigenvalue weighted by atomic mass is 10.2. The molecular weight excluding hydrogens is 132 g/mol. The van der Waals surface area contributed by atoms with Gasteiger partial charge >= 0.3 is 0 Å². The molecule has 0 spiro atoms. The summed E-state index contributed by atoms with van der Waals surface area (Å²) in [7, 11) is 0.